The first-order valence-electron chi connectivity index (χ1n) is 10.3. The van der Waals surface area contributed by atoms with Crippen LogP contribution in [0.25, 0.3) is 28.1 Å². The van der Waals surface area contributed by atoms with Crippen LogP contribution in [0, 0.1) is 0 Å². The van der Waals surface area contributed by atoms with Crippen LogP contribution in [0.1, 0.15) is 16.1 Å². The van der Waals surface area contributed by atoms with Crippen LogP contribution in [-0.2, 0) is 0 Å². The van der Waals surface area contributed by atoms with Crippen LogP contribution in [0.15, 0.2) is 120 Å². The number of aromatic nitrogens is 2. The molecule has 0 amide bonds. The van der Waals surface area contributed by atoms with Crippen LogP contribution >= 0.6 is 15.9 Å². The lowest BCUT2D eigenvalue weighted by Crippen LogP contribution is -2.11. The van der Waals surface area contributed by atoms with E-state index in [9.17, 15) is 4.79 Å². The Morgan fingerprint density at radius 1 is 0.719 bits per heavy atom. The molecule has 3 nitrogen and oxygen atoms in total. The van der Waals surface area contributed by atoms with Gasteiger partial charge in [-0.25, -0.2) is 0 Å². The molecular formula is C28H19BrN2O. The maximum atomic E-state index is 14.0. The topological polar surface area (TPSA) is 34.9 Å². The van der Waals surface area contributed by atoms with Crippen LogP contribution in [-0.4, -0.2) is 15.3 Å². The summed E-state index contributed by atoms with van der Waals surface area (Å²) in [5, 5.41) is 0. The molecule has 0 saturated heterocycles. The second kappa shape index (κ2) is 8.77. The van der Waals surface area contributed by atoms with E-state index < -0.39 is 0 Å². The van der Waals surface area contributed by atoms with E-state index >= 15 is 0 Å². The third-order valence-corrected chi connectivity index (χ3v) is 6.15. The number of halogens is 1. The lowest BCUT2D eigenvalue weighted by molar-refractivity contribution is 0.103. The van der Waals surface area contributed by atoms with Crippen molar-refractivity contribution in [1.29, 1.82) is 0 Å². The van der Waals surface area contributed by atoms with Gasteiger partial charge in [0.2, 0.25) is 5.78 Å². The van der Waals surface area contributed by atoms with Crippen molar-refractivity contribution >= 4 is 21.7 Å². The third-order valence-electron chi connectivity index (χ3n) is 5.38. The molecular weight excluding hydrogens is 460 g/mol. The van der Waals surface area contributed by atoms with Crippen molar-refractivity contribution in [1.82, 2.24) is 9.55 Å². The molecule has 0 aliphatic heterocycles. The summed E-state index contributed by atoms with van der Waals surface area (Å²) in [6, 6.07) is 33.4. The van der Waals surface area contributed by atoms with Crippen LogP contribution < -0.4 is 0 Å². The Labute approximate surface area is 195 Å². The fourth-order valence-corrected chi connectivity index (χ4v) is 4.77. The summed E-state index contributed by atoms with van der Waals surface area (Å²) in [6.07, 6.45) is 3.52. The van der Waals surface area contributed by atoms with E-state index in [-0.39, 0.29) is 5.78 Å². The van der Waals surface area contributed by atoms with Gasteiger partial charge in [0.15, 0.2) is 0 Å². The van der Waals surface area contributed by atoms with E-state index in [2.05, 4.69) is 33.0 Å². The first-order chi connectivity index (χ1) is 15.8. The SMILES string of the molecule is O=C(c1ccccc1)c1c(-c2ccccc2)c(Br)c(-c2ccccc2)n1-c1cccnc1. The van der Waals surface area contributed by atoms with Gasteiger partial charge in [0, 0.05) is 17.3 Å². The third kappa shape index (κ3) is 3.59. The van der Waals surface area contributed by atoms with Gasteiger partial charge in [-0.2, -0.15) is 0 Å². The average Bonchev–Trinajstić information content (AvgIpc) is 3.18. The Balaban J connectivity index is 1.91. The normalized spacial score (nSPS) is 10.8. The zero-order valence-corrected chi connectivity index (χ0v) is 18.7. The molecule has 0 N–H and O–H groups in total. The summed E-state index contributed by atoms with van der Waals surface area (Å²) in [5.41, 5.74) is 5.82. The minimum Gasteiger partial charge on any atom is -0.303 e. The van der Waals surface area contributed by atoms with E-state index in [0.29, 0.717) is 11.3 Å². The Morgan fingerprint density at radius 2 is 1.31 bits per heavy atom. The van der Waals surface area contributed by atoms with Crippen molar-refractivity contribution in [2.75, 3.05) is 0 Å². The van der Waals surface area contributed by atoms with Gasteiger partial charge in [-0.05, 0) is 39.2 Å². The van der Waals surface area contributed by atoms with E-state index in [4.69, 9.17) is 0 Å². The van der Waals surface area contributed by atoms with Crippen molar-refractivity contribution in [3.05, 3.63) is 131 Å². The van der Waals surface area contributed by atoms with E-state index in [1.165, 1.54) is 0 Å². The summed E-state index contributed by atoms with van der Waals surface area (Å²) in [4.78, 5) is 18.3. The van der Waals surface area contributed by atoms with Crippen LogP contribution in [0.3, 0.4) is 0 Å². The zero-order valence-electron chi connectivity index (χ0n) is 17.2. The minimum atomic E-state index is -0.0452. The quantitative estimate of drug-likeness (QED) is 0.250. The highest BCUT2D eigenvalue weighted by Crippen LogP contribution is 2.44. The molecule has 0 atom stereocenters. The van der Waals surface area contributed by atoms with E-state index in [1.54, 1.807) is 12.4 Å². The summed E-state index contributed by atoms with van der Waals surface area (Å²) in [5.74, 6) is -0.0452. The summed E-state index contributed by atoms with van der Waals surface area (Å²) < 4.78 is 2.89. The number of hydrogen-bond donors (Lipinski definition) is 0. The van der Waals surface area contributed by atoms with Crippen molar-refractivity contribution < 1.29 is 4.79 Å². The number of carbonyl (C=O) groups is 1. The number of pyridine rings is 1. The first-order valence-corrected chi connectivity index (χ1v) is 11.1. The monoisotopic (exact) mass is 478 g/mol. The molecule has 5 rings (SSSR count). The Hall–Kier alpha value is -3.76. The predicted octanol–water partition coefficient (Wildman–Crippen LogP) is 7.20. The molecule has 0 aliphatic rings. The van der Waals surface area contributed by atoms with Gasteiger partial charge in [0.25, 0.3) is 0 Å². The number of ketones is 1. The fraction of sp³-hybridized carbons (Fsp3) is 0. The molecule has 0 spiro atoms. The van der Waals surface area contributed by atoms with Crippen LogP contribution in [0.4, 0.5) is 0 Å². The number of rotatable bonds is 5. The molecule has 2 heterocycles. The molecule has 32 heavy (non-hydrogen) atoms. The Bertz CT molecular complexity index is 1360. The van der Waals surface area contributed by atoms with Crippen molar-refractivity contribution in [2.24, 2.45) is 0 Å². The second-order valence-corrected chi connectivity index (χ2v) is 8.15. The van der Waals surface area contributed by atoms with E-state index in [0.717, 1.165) is 32.5 Å². The molecule has 2 aromatic heterocycles. The van der Waals surface area contributed by atoms with Gasteiger partial charge >= 0.3 is 0 Å². The smallest absolute Gasteiger partial charge is 0.210 e. The molecule has 0 fully saturated rings. The number of nitrogens with zero attached hydrogens (tertiary/aromatic N) is 2. The molecule has 154 valence electrons. The van der Waals surface area contributed by atoms with Gasteiger partial charge in [-0.15, -0.1) is 0 Å². The second-order valence-electron chi connectivity index (χ2n) is 7.36. The van der Waals surface area contributed by atoms with E-state index in [1.807, 2.05) is 95.6 Å². The van der Waals surface area contributed by atoms with Crippen molar-refractivity contribution in [3.8, 4) is 28.1 Å². The van der Waals surface area contributed by atoms with Gasteiger partial charge < -0.3 is 4.57 Å². The highest BCUT2D eigenvalue weighted by atomic mass is 79.9. The van der Waals surface area contributed by atoms with Crippen LogP contribution in [0.5, 0.6) is 0 Å². The number of carbonyl (C=O) groups excluding carboxylic acids is 1. The average molecular weight is 479 g/mol. The molecule has 0 saturated carbocycles. The van der Waals surface area contributed by atoms with Gasteiger partial charge in [0.05, 0.1) is 22.1 Å². The molecule has 0 bridgehead atoms. The highest BCUT2D eigenvalue weighted by Gasteiger charge is 2.29. The van der Waals surface area contributed by atoms with Gasteiger partial charge in [-0.3, -0.25) is 9.78 Å². The first kappa shape index (κ1) is 20.2. The maximum Gasteiger partial charge on any atom is 0.210 e. The van der Waals surface area contributed by atoms with Crippen molar-refractivity contribution in [3.63, 3.8) is 0 Å². The Morgan fingerprint density at radius 3 is 1.91 bits per heavy atom. The molecule has 4 heteroatoms. The lowest BCUT2D eigenvalue weighted by atomic mass is 10.00. The van der Waals surface area contributed by atoms with Gasteiger partial charge in [-0.1, -0.05) is 91.0 Å². The van der Waals surface area contributed by atoms with Crippen LogP contribution in [0.2, 0.25) is 0 Å². The lowest BCUT2D eigenvalue weighted by Gasteiger charge is -2.14. The maximum absolute atomic E-state index is 14.0. The molecule has 0 radical (unpaired) electrons. The van der Waals surface area contributed by atoms with Gasteiger partial charge in [0.1, 0.15) is 5.69 Å². The number of hydrogen-bond acceptors (Lipinski definition) is 2. The summed E-state index contributed by atoms with van der Waals surface area (Å²) >= 11 is 3.87. The largest absolute Gasteiger partial charge is 0.303 e. The highest BCUT2D eigenvalue weighted by molar-refractivity contribution is 9.10. The number of benzene rings is 3. The molecule has 0 unspecified atom stereocenters. The molecule has 5 aromatic rings. The summed E-state index contributed by atoms with van der Waals surface area (Å²) in [7, 11) is 0. The predicted molar refractivity (Wildman–Crippen MR) is 132 cm³/mol. The molecule has 3 aromatic carbocycles. The Kier molecular flexibility index (Phi) is 5.53. The molecule has 0 aliphatic carbocycles. The fourth-order valence-electron chi connectivity index (χ4n) is 3.95. The van der Waals surface area contributed by atoms with Crippen molar-refractivity contribution in [2.45, 2.75) is 0 Å². The summed E-state index contributed by atoms with van der Waals surface area (Å²) in [6.45, 7) is 0. The minimum absolute atomic E-state index is 0.0452. The standard InChI is InChI=1S/C28H19BrN2O/c29-25-24(20-11-4-1-5-12-20)27(28(32)22-15-8-3-9-16-22)31(23-17-10-18-30-19-23)26(25)21-13-6-2-7-14-21/h1-19H. The zero-order chi connectivity index (χ0) is 21.9.